The van der Waals surface area contributed by atoms with E-state index in [9.17, 15) is 19.5 Å². The van der Waals surface area contributed by atoms with Crippen LogP contribution in [0.1, 0.15) is 29.4 Å². The smallest absolute Gasteiger partial charge is 0.328 e. The highest BCUT2D eigenvalue weighted by molar-refractivity contribution is 5.78. The maximum atomic E-state index is 12.2. The molecule has 0 aliphatic carbocycles. The molecule has 142 valence electrons. The van der Waals surface area contributed by atoms with Gasteiger partial charge >= 0.3 is 11.7 Å². The first-order valence-corrected chi connectivity index (χ1v) is 8.30. The zero-order valence-electron chi connectivity index (χ0n) is 15.5. The van der Waals surface area contributed by atoms with Crippen molar-refractivity contribution in [2.24, 2.45) is 14.1 Å². The van der Waals surface area contributed by atoms with Crippen LogP contribution in [-0.4, -0.2) is 27.3 Å². The van der Waals surface area contributed by atoms with Crippen molar-refractivity contribution in [3.8, 4) is 5.75 Å². The fourth-order valence-corrected chi connectivity index (χ4v) is 3.21. The van der Waals surface area contributed by atoms with E-state index in [4.69, 9.17) is 9.15 Å². The van der Waals surface area contributed by atoms with Crippen molar-refractivity contribution in [2.45, 2.75) is 19.3 Å². The van der Waals surface area contributed by atoms with E-state index in [0.717, 1.165) is 5.52 Å². The molecule has 0 fully saturated rings. The molecule has 0 spiro atoms. The van der Waals surface area contributed by atoms with Gasteiger partial charge in [-0.15, -0.1) is 0 Å². The average Bonchev–Trinajstić information content (AvgIpc) is 2.86. The lowest BCUT2D eigenvalue weighted by Gasteiger charge is -2.17. The van der Waals surface area contributed by atoms with Crippen LogP contribution in [0.3, 0.4) is 0 Å². The fourth-order valence-electron chi connectivity index (χ4n) is 3.21. The number of rotatable bonds is 4. The summed E-state index contributed by atoms with van der Waals surface area (Å²) in [7, 11) is 4.57. The number of benzene rings is 1. The molecule has 1 atom stereocenters. The molecule has 0 radical (unpaired) electrons. The molecule has 3 rings (SSSR count). The Morgan fingerprint density at radius 2 is 1.85 bits per heavy atom. The van der Waals surface area contributed by atoms with Gasteiger partial charge in [-0.3, -0.25) is 18.7 Å². The molecule has 1 aromatic carbocycles. The first-order chi connectivity index (χ1) is 12.7. The van der Waals surface area contributed by atoms with Crippen molar-refractivity contribution in [1.82, 2.24) is 9.13 Å². The van der Waals surface area contributed by atoms with Crippen molar-refractivity contribution < 1.29 is 19.1 Å². The number of aryl methyl sites for hydroxylation is 3. The van der Waals surface area contributed by atoms with Crippen molar-refractivity contribution in [2.75, 3.05) is 7.11 Å². The van der Waals surface area contributed by atoms with Crippen LogP contribution >= 0.6 is 0 Å². The number of ether oxygens (including phenoxy) is 1. The van der Waals surface area contributed by atoms with Gasteiger partial charge in [0.05, 0.1) is 30.5 Å². The Kier molecular flexibility index (Phi) is 4.65. The Labute approximate surface area is 154 Å². The van der Waals surface area contributed by atoms with Crippen LogP contribution in [0.15, 0.2) is 38.3 Å². The summed E-state index contributed by atoms with van der Waals surface area (Å²) >= 11 is 0. The lowest BCUT2D eigenvalue weighted by Crippen LogP contribution is -2.19. The molecule has 0 aliphatic heterocycles. The van der Waals surface area contributed by atoms with E-state index in [2.05, 4.69) is 0 Å². The molecule has 2 heterocycles. The van der Waals surface area contributed by atoms with Crippen molar-refractivity contribution in [1.29, 1.82) is 0 Å². The standard InChI is InChI=1S/C19H20N2O6/c1-10-7-15(22)17(24)18(27-10)12(9-16(23)26-4)11-5-6-13-14(8-11)21(3)19(25)20(13)2/h5-8,12,24H,9H2,1-4H3/t12-/m1/s1. The van der Waals surface area contributed by atoms with E-state index in [1.165, 1.54) is 22.3 Å². The summed E-state index contributed by atoms with van der Waals surface area (Å²) < 4.78 is 13.3. The Balaban J connectivity index is 2.24. The van der Waals surface area contributed by atoms with Gasteiger partial charge in [-0.05, 0) is 24.6 Å². The minimum atomic E-state index is -0.746. The van der Waals surface area contributed by atoms with Crippen LogP contribution in [0.2, 0.25) is 0 Å². The minimum Gasteiger partial charge on any atom is -0.502 e. The van der Waals surface area contributed by atoms with E-state index in [0.29, 0.717) is 16.8 Å². The highest BCUT2D eigenvalue weighted by Crippen LogP contribution is 2.34. The summed E-state index contributed by atoms with van der Waals surface area (Å²) in [6, 6.07) is 6.41. The number of hydrogen-bond acceptors (Lipinski definition) is 6. The third-order valence-corrected chi connectivity index (χ3v) is 4.69. The van der Waals surface area contributed by atoms with Gasteiger partial charge in [-0.25, -0.2) is 4.79 Å². The van der Waals surface area contributed by atoms with Crippen LogP contribution in [0.5, 0.6) is 5.75 Å². The van der Waals surface area contributed by atoms with Gasteiger partial charge in [0.25, 0.3) is 0 Å². The first-order valence-electron chi connectivity index (χ1n) is 8.30. The number of aromatic hydroxyl groups is 1. The Bertz CT molecular complexity index is 1150. The summed E-state index contributed by atoms with van der Waals surface area (Å²) in [5, 5.41) is 10.2. The zero-order valence-corrected chi connectivity index (χ0v) is 15.5. The summed E-state index contributed by atoms with van der Waals surface area (Å²) in [6.07, 6.45) is -0.136. The van der Waals surface area contributed by atoms with Crippen molar-refractivity contribution in [3.63, 3.8) is 0 Å². The van der Waals surface area contributed by atoms with Gasteiger partial charge in [-0.2, -0.15) is 0 Å². The van der Waals surface area contributed by atoms with Crippen LogP contribution in [0.25, 0.3) is 11.0 Å². The Morgan fingerprint density at radius 1 is 1.19 bits per heavy atom. The van der Waals surface area contributed by atoms with Crippen LogP contribution in [-0.2, 0) is 23.6 Å². The van der Waals surface area contributed by atoms with Crippen LogP contribution in [0.4, 0.5) is 0 Å². The summed E-state index contributed by atoms with van der Waals surface area (Å²) in [4.78, 5) is 36.1. The van der Waals surface area contributed by atoms with E-state index in [1.807, 2.05) is 0 Å². The highest BCUT2D eigenvalue weighted by atomic mass is 16.5. The molecule has 0 aliphatic rings. The summed E-state index contributed by atoms with van der Waals surface area (Å²) in [5.74, 6) is -1.51. The maximum Gasteiger partial charge on any atom is 0.328 e. The molecule has 0 amide bonds. The normalized spacial score (nSPS) is 12.3. The lowest BCUT2D eigenvalue weighted by atomic mass is 9.92. The van der Waals surface area contributed by atoms with Gasteiger partial charge in [0.15, 0.2) is 5.76 Å². The Morgan fingerprint density at radius 3 is 2.52 bits per heavy atom. The second-order valence-electron chi connectivity index (χ2n) is 6.42. The number of aromatic nitrogens is 2. The summed E-state index contributed by atoms with van der Waals surface area (Å²) in [5.41, 5.74) is 1.22. The number of esters is 1. The number of hydrogen-bond donors (Lipinski definition) is 1. The van der Waals surface area contributed by atoms with Crippen LogP contribution in [0, 0.1) is 6.92 Å². The monoisotopic (exact) mass is 372 g/mol. The van der Waals surface area contributed by atoms with Gasteiger partial charge < -0.3 is 14.3 Å². The predicted octanol–water partition coefficient (Wildman–Crippen LogP) is 1.54. The number of nitrogens with zero attached hydrogens (tertiary/aromatic N) is 2. The third-order valence-electron chi connectivity index (χ3n) is 4.69. The highest BCUT2D eigenvalue weighted by Gasteiger charge is 2.27. The largest absolute Gasteiger partial charge is 0.502 e. The zero-order chi connectivity index (χ0) is 19.9. The molecule has 0 bridgehead atoms. The second-order valence-corrected chi connectivity index (χ2v) is 6.42. The molecule has 0 saturated heterocycles. The predicted molar refractivity (Wildman–Crippen MR) is 98.0 cm³/mol. The fraction of sp³-hybridized carbons (Fsp3) is 0.316. The van der Waals surface area contributed by atoms with E-state index < -0.39 is 23.1 Å². The molecule has 0 unspecified atom stereocenters. The quantitative estimate of drug-likeness (QED) is 0.697. The number of imidazole rings is 1. The average molecular weight is 372 g/mol. The molecular weight excluding hydrogens is 352 g/mol. The molecule has 27 heavy (non-hydrogen) atoms. The van der Waals surface area contributed by atoms with E-state index in [1.54, 1.807) is 39.2 Å². The Hall–Kier alpha value is -3.29. The number of carbonyl (C=O) groups is 1. The molecule has 0 saturated carbocycles. The SMILES string of the molecule is COC(=O)C[C@H](c1ccc2c(c1)n(C)c(=O)n2C)c1oc(C)cc(=O)c1O. The topological polar surface area (TPSA) is 104 Å². The number of fused-ring (bicyclic) bond motifs is 1. The van der Waals surface area contributed by atoms with Crippen LogP contribution < -0.4 is 11.1 Å². The molecular formula is C19H20N2O6. The van der Waals surface area contributed by atoms with Gasteiger partial charge in [-0.1, -0.05) is 6.07 Å². The third kappa shape index (κ3) is 3.14. The van der Waals surface area contributed by atoms with Gasteiger partial charge in [0.2, 0.25) is 11.2 Å². The van der Waals surface area contributed by atoms with Gasteiger partial charge in [0.1, 0.15) is 5.76 Å². The first kappa shape index (κ1) is 18.5. The molecule has 8 heteroatoms. The summed E-state index contributed by atoms with van der Waals surface area (Å²) in [6.45, 7) is 1.59. The van der Waals surface area contributed by atoms with Crippen molar-refractivity contribution >= 4 is 17.0 Å². The maximum absolute atomic E-state index is 12.2. The molecule has 8 nitrogen and oxygen atoms in total. The van der Waals surface area contributed by atoms with E-state index >= 15 is 0 Å². The number of carbonyl (C=O) groups excluding carboxylic acids is 1. The second kappa shape index (κ2) is 6.79. The molecule has 1 N–H and O–H groups in total. The van der Waals surface area contributed by atoms with E-state index in [-0.39, 0.29) is 17.9 Å². The lowest BCUT2D eigenvalue weighted by molar-refractivity contribution is -0.140. The van der Waals surface area contributed by atoms with Gasteiger partial charge in [0, 0.05) is 20.2 Å². The minimum absolute atomic E-state index is 0.00863. The molecule has 2 aromatic heterocycles. The molecule has 3 aromatic rings. The number of methoxy groups -OCH3 is 1. The van der Waals surface area contributed by atoms with Crippen molar-refractivity contribution in [3.05, 3.63) is 62.1 Å².